The summed E-state index contributed by atoms with van der Waals surface area (Å²) < 4.78 is 0. The van der Waals surface area contributed by atoms with Crippen molar-refractivity contribution in [3.05, 3.63) is 53.1 Å². The van der Waals surface area contributed by atoms with Crippen molar-refractivity contribution in [2.75, 3.05) is 6.26 Å². The molecule has 6 heteroatoms. The quantitative estimate of drug-likeness (QED) is 0.386. The van der Waals surface area contributed by atoms with Gasteiger partial charge in [0.05, 0.1) is 11.3 Å². The number of hydrogen-bond acceptors (Lipinski definition) is 4. The average Bonchev–Trinajstić information content (AvgIpc) is 2.55. The Labute approximate surface area is 138 Å². The highest BCUT2D eigenvalue weighted by Gasteiger charge is 2.06. The number of halogens is 1. The van der Waals surface area contributed by atoms with Gasteiger partial charge in [0.25, 0.3) is 0 Å². The van der Waals surface area contributed by atoms with Gasteiger partial charge in [0.15, 0.2) is 11.4 Å². The number of amidine groups is 1. The van der Waals surface area contributed by atoms with Gasteiger partial charge in [-0.3, -0.25) is 5.32 Å². The van der Waals surface area contributed by atoms with Crippen LogP contribution in [0.4, 0.5) is 5.69 Å². The smallest absolute Gasteiger partial charge is 0.183 e. The van der Waals surface area contributed by atoms with Crippen molar-refractivity contribution >= 4 is 34.2 Å². The molecule has 0 saturated carbocycles. The Morgan fingerprint density at radius 3 is 2.41 bits per heavy atom. The Morgan fingerprint density at radius 1 is 1.14 bits per heavy atom. The van der Waals surface area contributed by atoms with E-state index in [-0.39, 0.29) is 0 Å². The zero-order chi connectivity index (χ0) is 15.9. The third-order valence-corrected chi connectivity index (χ3v) is 3.70. The van der Waals surface area contributed by atoms with Gasteiger partial charge in [-0.25, -0.2) is 4.99 Å². The first-order chi connectivity index (χ1) is 10.7. The largest absolute Gasteiger partial charge is 0.271 e. The van der Waals surface area contributed by atoms with E-state index in [1.165, 1.54) is 11.8 Å². The van der Waals surface area contributed by atoms with Gasteiger partial charge in [-0.2, -0.15) is 10.5 Å². The van der Waals surface area contributed by atoms with Crippen LogP contribution >= 0.6 is 23.4 Å². The first kappa shape index (κ1) is 15.9. The number of nitriles is 2. The lowest BCUT2D eigenvalue weighted by atomic mass is 10.0. The maximum absolute atomic E-state index is 9.32. The number of rotatable bonds is 2. The van der Waals surface area contributed by atoms with E-state index in [9.17, 15) is 5.26 Å². The summed E-state index contributed by atoms with van der Waals surface area (Å²) >= 11 is 7.18. The molecule has 0 spiro atoms. The number of hydrogen-bond donors (Lipinski definition) is 1. The van der Waals surface area contributed by atoms with Crippen LogP contribution < -0.4 is 5.32 Å². The highest BCUT2D eigenvalue weighted by Crippen LogP contribution is 2.28. The first-order valence-corrected chi connectivity index (χ1v) is 7.86. The maximum Gasteiger partial charge on any atom is 0.183 e. The Kier molecular flexibility index (Phi) is 5.43. The van der Waals surface area contributed by atoms with Gasteiger partial charge in [0.1, 0.15) is 6.07 Å². The van der Waals surface area contributed by atoms with Crippen LogP contribution in [-0.2, 0) is 0 Å². The van der Waals surface area contributed by atoms with Crippen molar-refractivity contribution in [2.24, 2.45) is 4.99 Å². The lowest BCUT2D eigenvalue weighted by Crippen LogP contribution is -2.12. The third-order valence-electron chi connectivity index (χ3n) is 2.87. The Morgan fingerprint density at radius 2 is 1.82 bits per heavy atom. The molecule has 0 heterocycles. The molecule has 4 nitrogen and oxygen atoms in total. The zero-order valence-electron chi connectivity index (χ0n) is 11.7. The van der Waals surface area contributed by atoms with Crippen LogP contribution in [0, 0.1) is 22.8 Å². The predicted octanol–water partition coefficient (Wildman–Crippen LogP) is 4.30. The second kappa shape index (κ2) is 7.51. The molecule has 0 aromatic heterocycles. The molecule has 108 valence electrons. The standard InChI is InChI=1S/C16H11ClN4S/c1-22-16(20-10-19)21-15-7-4-12(8-13(15)9-18)11-2-5-14(17)6-3-11/h2-8H,1H3,(H,20,21). The van der Waals surface area contributed by atoms with Gasteiger partial charge in [-0.15, -0.1) is 0 Å². The number of benzene rings is 2. The molecule has 2 rings (SSSR count). The molecular formula is C16H11ClN4S. The lowest BCUT2D eigenvalue weighted by molar-refractivity contribution is 1.28. The molecule has 2 aromatic rings. The molecule has 0 bridgehead atoms. The van der Waals surface area contributed by atoms with Crippen molar-refractivity contribution in [2.45, 2.75) is 0 Å². The van der Waals surface area contributed by atoms with Crippen LogP contribution in [0.15, 0.2) is 47.5 Å². The highest BCUT2D eigenvalue weighted by atomic mass is 35.5. The fourth-order valence-corrected chi connectivity index (χ4v) is 2.29. The molecule has 2 aromatic carbocycles. The highest BCUT2D eigenvalue weighted by molar-refractivity contribution is 8.13. The second-order valence-electron chi connectivity index (χ2n) is 4.21. The average molecular weight is 327 g/mol. The molecule has 1 N–H and O–H groups in total. The summed E-state index contributed by atoms with van der Waals surface area (Å²) in [6, 6.07) is 14.9. The number of thioether (sulfide) groups is 1. The topological polar surface area (TPSA) is 72.0 Å². The summed E-state index contributed by atoms with van der Waals surface area (Å²) in [5.41, 5.74) is 2.84. The molecule has 0 radical (unpaired) electrons. The molecule has 0 atom stereocenters. The molecule has 0 fully saturated rings. The van der Waals surface area contributed by atoms with Crippen LogP contribution in [0.1, 0.15) is 5.56 Å². The van der Waals surface area contributed by atoms with Crippen molar-refractivity contribution in [1.82, 2.24) is 5.32 Å². The van der Waals surface area contributed by atoms with E-state index >= 15 is 0 Å². The molecule has 0 aliphatic carbocycles. The second-order valence-corrected chi connectivity index (χ2v) is 5.44. The SMILES string of the molecule is CSC(=Nc1ccc(-c2ccc(Cl)cc2)cc1C#N)NC#N. The summed E-state index contributed by atoms with van der Waals surface area (Å²) in [7, 11) is 0. The minimum atomic E-state index is 0.443. The molecule has 0 aliphatic rings. The van der Waals surface area contributed by atoms with Crippen LogP contribution in [0.25, 0.3) is 11.1 Å². The fraction of sp³-hybridized carbons (Fsp3) is 0.0625. The van der Waals surface area contributed by atoms with Gasteiger partial charge in [0, 0.05) is 5.02 Å². The summed E-state index contributed by atoms with van der Waals surface area (Å²) in [5.74, 6) is 0. The van der Waals surface area contributed by atoms with E-state index in [2.05, 4.69) is 16.4 Å². The van der Waals surface area contributed by atoms with E-state index in [1.54, 1.807) is 30.5 Å². The van der Waals surface area contributed by atoms with Crippen LogP contribution in [0.3, 0.4) is 0 Å². The van der Waals surface area contributed by atoms with E-state index in [0.29, 0.717) is 21.4 Å². The van der Waals surface area contributed by atoms with Crippen LogP contribution in [0.5, 0.6) is 0 Å². The van der Waals surface area contributed by atoms with E-state index < -0.39 is 0 Å². The molecule has 0 unspecified atom stereocenters. The van der Waals surface area contributed by atoms with Crippen LogP contribution in [0.2, 0.25) is 5.02 Å². The Hall–Kier alpha value is -2.47. The monoisotopic (exact) mass is 326 g/mol. The van der Waals surface area contributed by atoms with E-state index in [0.717, 1.165) is 11.1 Å². The van der Waals surface area contributed by atoms with Gasteiger partial charge in [-0.05, 0) is 41.6 Å². The minimum absolute atomic E-state index is 0.443. The van der Waals surface area contributed by atoms with Crippen molar-refractivity contribution < 1.29 is 0 Å². The van der Waals surface area contributed by atoms with Crippen molar-refractivity contribution in [3.8, 4) is 23.4 Å². The molecule has 0 amide bonds. The normalized spacial score (nSPS) is 10.6. The number of aliphatic imine (C=N–C) groups is 1. The maximum atomic E-state index is 9.32. The van der Waals surface area contributed by atoms with Gasteiger partial charge < -0.3 is 0 Å². The van der Waals surface area contributed by atoms with Gasteiger partial charge in [0.2, 0.25) is 0 Å². The number of nitrogens with one attached hydrogen (secondary N) is 1. The lowest BCUT2D eigenvalue weighted by Gasteiger charge is -2.06. The number of nitrogens with zero attached hydrogens (tertiary/aromatic N) is 3. The minimum Gasteiger partial charge on any atom is -0.271 e. The van der Waals surface area contributed by atoms with E-state index in [4.69, 9.17) is 16.9 Å². The summed E-state index contributed by atoms with van der Waals surface area (Å²) in [6.07, 6.45) is 3.62. The molecule has 22 heavy (non-hydrogen) atoms. The third kappa shape index (κ3) is 3.79. The van der Waals surface area contributed by atoms with Gasteiger partial charge in [-0.1, -0.05) is 41.6 Å². The van der Waals surface area contributed by atoms with Gasteiger partial charge >= 0.3 is 0 Å². The fourth-order valence-electron chi connectivity index (χ4n) is 1.83. The van der Waals surface area contributed by atoms with Crippen molar-refractivity contribution in [1.29, 1.82) is 10.5 Å². The van der Waals surface area contributed by atoms with Crippen LogP contribution in [-0.4, -0.2) is 11.4 Å². The Balaban J connectivity index is 2.43. The van der Waals surface area contributed by atoms with E-state index in [1.807, 2.05) is 24.4 Å². The Bertz CT molecular complexity index is 785. The first-order valence-electron chi connectivity index (χ1n) is 6.26. The molecule has 0 saturated heterocycles. The molecule has 0 aliphatic heterocycles. The zero-order valence-corrected chi connectivity index (χ0v) is 13.2. The summed E-state index contributed by atoms with van der Waals surface area (Å²) in [5, 5.41) is 21.6. The predicted molar refractivity (Wildman–Crippen MR) is 91.0 cm³/mol. The summed E-state index contributed by atoms with van der Waals surface area (Å²) in [4.78, 5) is 4.29. The summed E-state index contributed by atoms with van der Waals surface area (Å²) in [6.45, 7) is 0. The molecular weight excluding hydrogens is 316 g/mol. The van der Waals surface area contributed by atoms with Crippen molar-refractivity contribution in [3.63, 3.8) is 0 Å².